The first-order valence-electron chi connectivity index (χ1n) is 14.4. The fraction of sp³-hybridized carbons (Fsp3) is 0.679. The molecule has 0 N–H and O–H groups in total. The zero-order chi connectivity index (χ0) is 33.6. The predicted octanol–water partition coefficient (Wildman–Crippen LogP) is 1.90. The number of rotatable bonds is 11. The highest BCUT2D eigenvalue weighted by atomic mass is 19.1. The number of carbonyl (C=O) groups excluding carboxylic acids is 5. The predicted molar refractivity (Wildman–Crippen MR) is 148 cm³/mol. The molecule has 0 spiro atoms. The van der Waals surface area contributed by atoms with Crippen LogP contribution < -0.4 is 10.6 Å². The number of carbonyl (C=O) groups is 5. The molecule has 2 saturated heterocycles. The average molecular weight is 644 g/mol. The Morgan fingerprint density at radius 1 is 0.844 bits per heavy atom. The van der Waals surface area contributed by atoms with Crippen molar-refractivity contribution in [2.75, 3.05) is 11.5 Å². The van der Waals surface area contributed by atoms with Crippen LogP contribution in [0.3, 0.4) is 0 Å². The lowest BCUT2D eigenvalue weighted by Gasteiger charge is -2.31. The molecule has 2 aliphatic heterocycles. The molecular weight excluding hydrogens is 605 g/mol. The number of hydrogen-bond donors (Lipinski definition) is 0. The molecule has 1 amide bonds. The number of esters is 4. The Bertz CT molecular complexity index is 1340. The summed E-state index contributed by atoms with van der Waals surface area (Å²) >= 11 is 0. The number of amides is 1. The molecule has 0 aromatic carbocycles. The summed E-state index contributed by atoms with van der Waals surface area (Å²) in [4.78, 5) is 78.6. The van der Waals surface area contributed by atoms with Crippen LogP contribution in [0.4, 0.5) is 15.0 Å². The zero-order valence-corrected chi connectivity index (χ0v) is 26.1. The van der Waals surface area contributed by atoms with Crippen molar-refractivity contribution in [2.24, 2.45) is 0 Å². The van der Waals surface area contributed by atoms with Crippen molar-refractivity contribution >= 4 is 35.8 Å². The summed E-state index contributed by atoms with van der Waals surface area (Å²) < 4.78 is 54.7. The Labute approximate surface area is 258 Å². The lowest BCUT2D eigenvalue weighted by Crippen LogP contribution is -2.51. The second kappa shape index (κ2) is 15.2. The highest BCUT2D eigenvalue weighted by Gasteiger charge is 2.53. The highest BCUT2D eigenvalue weighted by molar-refractivity contribution is 5.87. The fourth-order valence-corrected chi connectivity index (χ4v) is 5.06. The minimum atomic E-state index is -1.64. The maximum atomic E-state index is 16.0. The van der Waals surface area contributed by atoms with Gasteiger partial charge in [-0.3, -0.25) is 23.7 Å². The molecule has 0 aliphatic carbocycles. The quantitative estimate of drug-likeness (QED) is 0.193. The third-order valence-electron chi connectivity index (χ3n) is 6.87. The van der Waals surface area contributed by atoms with Crippen molar-refractivity contribution in [1.82, 2.24) is 9.55 Å². The van der Waals surface area contributed by atoms with Gasteiger partial charge >= 0.3 is 35.7 Å². The molecule has 0 bridgehead atoms. The summed E-state index contributed by atoms with van der Waals surface area (Å²) in [6.45, 7) is 9.24. The van der Waals surface area contributed by atoms with E-state index in [4.69, 9.17) is 33.2 Å². The first kappa shape index (κ1) is 35.4. The molecule has 1 aromatic rings. The van der Waals surface area contributed by atoms with Crippen LogP contribution in [-0.2, 0) is 52.3 Å². The Morgan fingerprint density at radius 2 is 1.36 bits per heavy atom. The van der Waals surface area contributed by atoms with Gasteiger partial charge in [-0.2, -0.15) is 4.98 Å². The van der Waals surface area contributed by atoms with E-state index in [-0.39, 0.29) is 6.61 Å². The van der Waals surface area contributed by atoms with E-state index in [2.05, 4.69) is 4.98 Å². The topological polar surface area (TPSA) is 188 Å². The molecule has 0 unspecified atom stereocenters. The lowest BCUT2D eigenvalue weighted by atomic mass is 10.1. The van der Waals surface area contributed by atoms with Crippen LogP contribution in [0.1, 0.15) is 74.0 Å². The van der Waals surface area contributed by atoms with Gasteiger partial charge in [0.05, 0.1) is 25.0 Å². The first-order valence-corrected chi connectivity index (χ1v) is 14.4. The van der Waals surface area contributed by atoms with Gasteiger partial charge in [0, 0.05) is 27.7 Å². The molecule has 2 aliphatic rings. The van der Waals surface area contributed by atoms with Crippen molar-refractivity contribution < 1.29 is 61.5 Å². The third-order valence-corrected chi connectivity index (χ3v) is 6.87. The molecular formula is C28H38FN3O13. The summed E-state index contributed by atoms with van der Waals surface area (Å²) in [5.41, 5.74) is -1.17. The van der Waals surface area contributed by atoms with E-state index in [9.17, 15) is 28.8 Å². The smallest absolute Gasteiger partial charge is 0.417 e. The van der Waals surface area contributed by atoms with E-state index in [1.165, 1.54) is 13.8 Å². The minimum absolute atomic E-state index is 0.0782. The van der Waals surface area contributed by atoms with Crippen molar-refractivity contribution in [3.8, 4) is 0 Å². The largest absolute Gasteiger partial charge is 0.456 e. The summed E-state index contributed by atoms with van der Waals surface area (Å²) in [5, 5.41) is 0. The minimum Gasteiger partial charge on any atom is -0.456 e. The summed E-state index contributed by atoms with van der Waals surface area (Å²) in [5.74, 6) is -5.20. The van der Waals surface area contributed by atoms with Gasteiger partial charge in [-0.05, 0) is 20.3 Å². The lowest BCUT2D eigenvalue weighted by molar-refractivity contribution is -0.165. The van der Waals surface area contributed by atoms with Crippen LogP contribution in [0.2, 0.25) is 0 Å². The monoisotopic (exact) mass is 643 g/mol. The molecule has 45 heavy (non-hydrogen) atoms. The highest BCUT2D eigenvalue weighted by Crippen LogP contribution is 2.35. The normalized spacial score (nSPS) is 27.4. The SMILES string of the molecule is CCCCCOC(=O)N(c1nc(=O)n([C@@H]2O[C@H](C)[C@@H](OC(C)=O)[C@H]2OC(C)=O)cc1F)[C@@H]1O[C@H](C)[C@@H](OC(C)=O)[C@H]1OC(C)=O. The van der Waals surface area contributed by atoms with E-state index < -0.39 is 96.4 Å². The number of ether oxygens (including phenoxy) is 7. The van der Waals surface area contributed by atoms with Crippen LogP contribution in [0, 0.1) is 5.82 Å². The van der Waals surface area contributed by atoms with Gasteiger partial charge < -0.3 is 33.2 Å². The van der Waals surface area contributed by atoms with Gasteiger partial charge in [0.2, 0.25) is 0 Å². The number of nitrogens with zero attached hydrogens (tertiary/aromatic N) is 3. The fourth-order valence-electron chi connectivity index (χ4n) is 5.06. The molecule has 16 nitrogen and oxygen atoms in total. The summed E-state index contributed by atoms with van der Waals surface area (Å²) in [6, 6.07) is 0. The van der Waals surface area contributed by atoms with Crippen LogP contribution in [0.25, 0.3) is 0 Å². The van der Waals surface area contributed by atoms with Crippen molar-refractivity contribution in [3.05, 3.63) is 22.5 Å². The number of hydrogen-bond acceptors (Lipinski definition) is 14. The number of halogens is 1. The van der Waals surface area contributed by atoms with Crippen LogP contribution in [0.15, 0.2) is 11.0 Å². The summed E-state index contributed by atoms with van der Waals surface area (Å²) in [7, 11) is 0. The van der Waals surface area contributed by atoms with Gasteiger partial charge in [0.1, 0.15) is 0 Å². The number of aromatic nitrogens is 2. The second-order valence-corrected chi connectivity index (χ2v) is 10.6. The van der Waals surface area contributed by atoms with E-state index in [1.54, 1.807) is 0 Å². The molecule has 0 radical (unpaired) electrons. The maximum absolute atomic E-state index is 16.0. The Hall–Kier alpha value is -4.12. The van der Waals surface area contributed by atoms with E-state index in [0.717, 1.165) is 40.5 Å². The van der Waals surface area contributed by atoms with Gasteiger partial charge in [-0.25, -0.2) is 18.9 Å². The van der Waals surface area contributed by atoms with Crippen LogP contribution >= 0.6 is 0 Å². The van der Waals surface area contributed by atoms with Crippen LogP contribution in [0.5, 0.6) is 0 Å². The molecule has 250 valence electrons. The molecule has 2 fully saturated rings. The summed E-state index contributed by atoms with van der Waals surface area (Å²) in [6.07, 6.45) is -8.68. The molecule has 17 heteroatoms. The van der Waals surface area contributed by atoms with Gasteiger partial charge in [-0.15, -0.1) is 0 Å². The Kier molecular flexibility index (Phi) is 12.0. The zero-order valence-electron chi connectivity index (χ0n) is 26.1. The Balaban J connectivity index is 2.09. The number of anilines is 1. The van der Waals surface area contributed by atoms with Crippen LogP contribution in [-0.4, -0.2) is 89.0 Å². The van der Waals surface area contributed by atoms with E-state index >= 15 is 4.39 Å². The molecule has 3 heterocycles. The molecule has 8 atom stereocenters. The maximum Gasteiger partial charge on any atom is 0.417 e. The first-order chi connectivity index (χ1) is 21.2. The standard InChI is InChI=1S/C28H38FN3O13/c1-8-9-10-11-39-28(38)32(26-23(45-18(7)36)21(14(3)41-26)43-16(5)34)24-19(29)12-31(27(37)30-24)25-22(44-17(6)35)20(13(2)40-25)42-15(4)33/h12-14,20-23,25-26H,8-11H2,1-7H3/t13-,14-,20-,21-,22-,23-,25-,26-/m1/s1. The Morgan fingerprint density at radius 3 is 1.91 bits per heavy atom. The second-order valence-electron chi connectivity index (χ2n) is 10.6. The number of unbranched alkanes of at least 4 members (excludes halogenated alkanes) is 2. The van der Waals surface area contributed by atoms with Crippen molar-refractivity contribution in [1.29, 1.82) is 0 Å². The van der Waals surface area contributed by atoms with E-state index in [0.29, 0.717) is 22.1 Å². The van der Waals surface area contributed by atoms with Gasteiger partial charge in [0.15, 0.2) is 48.5 Å². The average Bonchev–Trinajstić information content (AvgIpc) is 3.38. The van der Waals surface area contributed by atoms with Crippen molar-refractivity contribution in [3.63, 3.8) is 0 Å². The van der Waals surface area contributed by atoms with Crippen molar-refractivity contribution in [2.45, 2.75) is 117 Å². The third kappa shape index (κ3) is 8.54. The van der Waals surface area contributed by atoms with Gasteiger partial charge in [0.25, 0.3) is 0 Å². The molecule has 3 rings (SSSR count). The molecule has 1 aromatic heterocycles. The van der Waals surface area contributed by atoms with E-state index in [1.807, 2.05) is 6.92 Å². The van der Waals surface area contributed by atoms with Gasteiger partial charge in [-0.1, -0.05) is 19.8 Å². The molecule has 0 saturated carbocycles.